The van der Waals surface area contributed by atoms with Crippen molar-refractivity contribution in [1.29, 1.82) is 0 Å². The van der Waals surface area contributed by atoms with E-state index in [1.165, 1.54) is 63.7 Å². The highest BCUT2D eigenvalue weighted by Crippen LogP contribution is 2.28. The van der Waals surface area contributed by atoms with Crippen molar-refractivity contribution in [1.82, 2.24) is 9.80 Å². The molecular formula is C19H30N2. The molecular weight excluding hydrogens is 256 g/mol. The molecule has 0 aliphatic carbocycles. The molecule has 0 saturated carbocycles. The molecule has 2 heterocycles. The Hall–Kier alpha value is -0.860. The largest absolute Gasteiger partial charge is 0.288 e. The molecule has 0 radical (unpaired) electrons. The summed E-state index contributed by atoms with van der Waals surface area (Å²) in [6.45, 7) is 7.47. The van der Waals surface area contributed by atoms with Crippen LogP contribution in [0.2, 0.25) is 0 Å². The molecule has 2 atom stereocenters. The Morgan fingerprint density at radius 1 is 0.905 bits per heavy atom. The lowest BCUT2D eigenvalue weighted by molar-refractivity contribution is -0.0344. The maximum Gasteiger partial charge on any atom is 0.0651 e. The van der Waals surface area contributed by atoms with Crippen LogP contribution < -0.4 is 0 Å². The van der Waals surface area contributed by atoms with Gasteiger partial charge in [0, 0.05) is 19.6 Å². The lowest BCUT2D eigenvalue weighted by Crippen LogP contribution is -2.56. The summed E-state index contributed by atoms with van der Waals surface area (Å²) in [6.07, 6.45) is 9.06. The maximum absolute atomic E-state index is 2.78. The lowest BCUT2D eigenvalue weighted by atomic mass is 9.96. The van der Waals surface area contributed by atoms with Crippen LogP contribution in [0.1, 0.15) is 51.0 Å². The van der Waals surface area contributed by atoms with Crippen molar-refractivity contribution in [3.8, 4) is 0 Å². The van der Waals surface area contributed by atoms with Gasteiger partial charge in [-0.3, -0.25) is 9.80 Å². The first-order valence-electron chi connectivity index (χ1n) is 8.86. The summed E-state index contributed by atoms with van der Waals surface area (Å²) in [4.78, 5) is 5.53. The number of rotatable bonds is 2. The standard InChI is InChI=1S/C19H30N2/c1-17-10-5-2-3-8-13-20-14-9-15-21(19(17)20)16-18-11-6-4-7-12-18/h4,6-7,11-12,17,19H,2-3,5,8-10,13-16H2,1H3. The zero-order chi connectivity index (χ0) is 14.5. The fourth-order valence-electron chi connectivity index (χ4n) is 4.21. The van der Waals surface area contributed by atoms with Crippen molar-refractivity contribution in [2.45, 2.75) is 58.2 Å². The normalized spacial score (nSPS) is 29.2. The summed E-state index contributed by atoms with van der Waals surface area (Å²) in [5, 5.41) is 0. The average molecular weight is 286 g/mol. The molecule has 2 aliphatic heterocycles. The molecule has 116 valence electrons. The monoisotopic (exact) mass is 286 g/mol. The zero-order valence-electron chi connectivity index (χ0n) is 13.5. The first kappa shape index (κ1) is 15.1. The summed E-state index contributed by atoms with van der Waals surface area (Å²) in [6, 6.07) is 11.0. The minimum atomic E-state index is 0.664. The van der Waals surface area contributed by atoms with Crippen LogP contribution in [0.5, 0.6) is 0 Å². The van der Waals surface area contributed by atoms with Crippen molar-refractivity contribution in [2.24, 2.45) is 5.92 Å². The van der Waals surface area contributed by atoms with Gasteiger partial charge in [-0.1, -0.05) is 56.5 Å². The van der Waals surface area contributed by atoms with Crippen LogP contribution in [0.25, 0.3) is 0 Å². The van der Waals surface area contributed by atoms with Gasteiger partial charge in [0.05, 0.1) is 6.17 Å². The van der Waals surface area contributed by atoms with Crippen LogP contribution >= 0.6 is 0 Å². The van der Waals surface area contributed by atoms with Crippen molar-refractivity contribution in [3.63, 3.8) is 0 Å². The molecule has 0 spiro atoms. The molecule has 2 saturated heterocycles. The second-order valence-corrected chi connectivity index (χ2v) is 6.94. The van der Waals surface area contributed by atoms with E-state index in [9.17, 15) is 0 Å². The van der Waals surface area contributed by atoms with Gasteiger partial charge in [-0.25, -0.2) is 0 Å². The highest BCUT2D eigenvalue weighted by atomic mass is 15.4. The fraction of sp³-hybridized carbons (Fsp3) is 0.684. The van der Waals surface area contributed by atoms with Crippen molar-refractivity contribution in [3.05, 3.63) is 35.9 Å². The van der Waals surface area contributed by atoms with Gasteiger partial charge in [0.15, 0.2) is 0 Å². The van der Waals surface area contributed by atoms with Gasteiger partial charge in [-0.2, -0.15) is 0 Å². The predicted molar refractivity (Wildman–Crippen MR) is 89.1 cm³/mol. The summed E-state index contributed by atoms with van der Waals surface area (Å²) in [7, 11) is 0. The SMILES string of the molecule is CC1CCCCCCN2CCCN(Cc3ccccc3)C12. The molecule has 21 heavy (non-hydrogen) atoms. The molecule has 0 bridgehead atoms. The number of fused-ring (bicyclic) bond motifs is 1. The Balaban J connectivity index is 1.74. The molecule has 2 fully saturated rings. The highest BCUT2D eigenvalue weighted by Gasteiger charge is 2.33. The molecule has 0 N–H and O–H groups in total. The van der Waals surface area contributed by atoms with Crippen LogP contribution in [0, 0.1) is 5.92 Å². The maximum atomic E-state index is 2.78. The average Bonchev–Trinajstić information content (AvgIpc) is 2.60. The molecule has 1 aromatic rings. The lowest BCUT2D eigenvalue weighted by Gasteiger charge is -2.47. The fourth-order valence-corrected chi connectivity index (χ4v) is 4.21. The smallest absolute Gasteiger partial charge is 0.0651 e. The van der Waals surface area contributed by atoms with Crippen LogP contribution in [0.3, 0.4) is 0 Å². The van der Waals surface area contributed by atoms with E-state index in [1.807, 2.05) is 0 Å². The minimum Gasteiger partial charge on any atom is -0.288 e. The van der Waals surface area contributed by atoms with Gasteiger partial charge >= 0.3 is 0 Å². The summed E-state index contributed by atoms with van der Waals surface area (Å²) >= 11 is 0. The van der Waals surface area contributed by atoms with Crippen LogP contribution in [0.15, 0.2) is 30.3 Å². The van der Waals surface area contributed by atoms with Gasteiger partial charge in [0.1, 0.15) is 0 Å². The first-order chi connectivity index (χ1) is 10.3. The van der Waals surface area contributed by atoms with Crippen LogP contribution in [-0.2, 0) is 6.54 Å². The topological polar surface area (TPSA) is 6.48 Å². The van der Waals surface area contributed by atoms with E-state index < -0.39 is 0 Å². The van der Waals surface area contributed by atoms with E-state index in [0.717, 1.165) is 12.5 Å². The Bertz CT molecular complexity index is 417. The predicted octanol–water partition coefficient (Wildman–Crippen LogP) is 4.12. The van der Waals surface area contributed by atoms with Gasteiger partial charge < -0.3 is 0 Å². The molecule has 0 aromatic heterocycles. The third-order valence-electron chi connectivity index (χ3n) is 5.23. The van der Waals surface area contributed by atoms with Crippen LogP contribution in [-0.4, -0.2) is 35.6 Å². The molecule has 2 heteroatoms. The third kappa shape index (κ3) is 3.87. The first-order valence-corrected chi connectivity index (χ1v) is 8.86. The van der Waals surface area contributed by atoms with Gasteiger partial charge in [-0.05, 0) is 37.3 Å². The second-order valence-electron chi connectivity index (χ2n) is 6.94. The quantitative estimate of drug-likeness (QED) is 0.807. The summed E-state index contributed by atoms with van der Waals surface area (Å²) in [5.74, 6) is 0.798. The summed E-state index contributed by atoms with van der Waals surface area (Å²) < 4.78 is 0. The molecule has 0 amide bonds. The van der Waals surface area contributed by atoms with Gasteiger partial charge in [0.2, 0.25) is 0 Å². The van der Waals surface area contributed by atoms with Gasteiger partial charge in [0.25, 0.3) is 0 Å². The third-order valence-corrected chi connectivity index (χ3v) is 5.23. The highest BCUT2D eigenvalue weighted by molar-refractivity contribution is 5.14. The number of nitrogens with zero attached hydrogens (tertiary/aromatic N) is 2. The van der Waals surface area contributed by atoms with E-state index in [-0.39, 0.29) is 0 Å². The molecule has 2 aliphatic rings. The van der Waals surface area contributed by atoms with E-state index in [1.54, 1.807) is 0 Å². The van der Waals surface area contributed by atoms with E-state index in [2.05, 4.69) is 47.1 Å². The molecule has 1 aromatic carbocycles. The summed E-state index contributed by atoms with van der Waals surface area (Å²) in [5.41, 5.74) is 1.46. The number of benzene rings is 1. The Labute approximate surface area is 130 Å². The Kier molecular flexibility index (Phi) is 5.32. The Morgan fingerprint density at radius 3 is 2.52 bits per heavy atom. The van der Waals surface area contributed by atoms with Crippen molar-refractivity contribution < 1.29 is 0 Å². The van der Waals surface area contributed by atoms with E-state index in [4.69, 9.17) is 0 Å². The van der Waals surface area contributed by atoms with Crippen molar-refractivity contribution in [2.75, 3.05) is 19.6 Å². The van der Waals surface area contributed by atoms with E-state index >= 15 is 0 Å². The molecule has 2 nitrogen and oxygen atoms in total. The van der Waals surface area contributed by atoms with Crippen molar-refractivity contribution >= 4 is 0 Å². The Morgan fingerprint density at radius 2 is 1.67 bits per heavy atom. The zero-order valence-corrected chi connectivity index (χ0v) is 13.5. The number of hydrogen-bond acceptors (Lipinski definition) is 2. The molecule has 2 unspecified atom stereocenters. The second kappa shape index (κ2) is 7.42. The van der Waals surface area contributed by atoms with Gasteiger partial charge in [-0.15, -0.1) is 0 Å². The van der Waals surface area contributed by atoms with Crippen LogP contribution in [0.4, 0.5) is 0 Å². The minimum absolute atomic E-state index is 0.664. The van der Waals surface area contributed by atoms with E-state index in [0.29, 0.717) is 6.17 Å². The molecule has 3 rings (SSSR count). The number of hydrogen-bond donors (Lipinski definition) is 0.